The highest BCUT2D eigenvalue weighted by Gasteiger charge is 2.38. The minimum atomic E-state index is -3.77. The Bertz CT molecular complexity index is 666. The third-order valence-corrected chi connectivity index (χ3v) is 6.01. The van der Waals surface area contributed by atoms with Crippen molar-refractivity contribution in [2.24, 2.45) is 13.0 Å². The van der Waals surface area contributed by atoms with E-state index in [1.807, 2.05) is 20.8 Å². The molecule has 2 unspecified atom stereocenters. The summed E-state index contributed by atoms with van der Waals surface area (Å²) in [5.41, 5.74) is 0. The van der Waals surface area contributed by atoms with Crippen molar-refractivity contribution in [3.8, 4) is 0 Å². The molecule has 2 atom stereocenters. The van der Waals surface area contributed by atoms with Crippen molar-refractivity contribution in [1.82, 2.24) is 13.9 Å². The van der Waals surface area contributed by atoms with Crippen LogP contribution in [0.3, 0.4) is 0 Å². The van der Waals surface area contributed by atoms with E-state index in [2.05, 4.69) is 4.98 Å². The van der Waals surface area contributed by atoms with Crippen LogP contribution in [-0.4, -0.2) is 45.9 Å². The van der Waals surface area contributed by atoms with Gasteiger partial charge in [-0.2, -0.15) is 4.31 Å². The first kappa shape index (κ1) is 17.0. The van der Waals surface area contributed by atoms with Crippen molar-refractivity contribution < 1.29 is 18.3 Å². The van der Waals surface area contributed by atoms with Crippen LogP contribution in [0.2, 0.25) is 0 Å². The lowest BCUT2D eigenvalue weighted by molar-refractivity contribution is -0.143. The minimum Gasteiger partial charge on any atom is -0.481 e. The van der Waals surface area contributed by atoms with Crippen LogP contribution < -0.4 is 0 Å². The average molecular weight is 329 g/mol. The molecule has 0 aliphatic carbocycles. The number of sulfonamides is 1. The van der Waals surface area contributed by atoms with Gasteiger partial charge in [-0.3, -0.25) is 4.79 Å². The summed E-state index contributed by atoms with van der Waals surface area (Å²) in [5, 5.41) is 9.16. The van der Waals surface area contributed by atoms with Gasteiger partial charge in [-0.05, 0) is 19.8 Å². The second kappa shape index (κ2) is 6.00. The molecule has 2 rings (SSSR count). The van der Waals surface area contributed by atoms with E-state index in [4.69, 9.17) is 5.11 Å². The number of aromatic nitrogens is 2. The second-order valence-corrected chi connectivity index (χ2v) is 8.08. The van der Waals surface area contributed by atoms with Gasteiger partial charge in [-0.1, -0.05) is 13.8 Å². The summed E-state index contributed by atoms with van der Waals surface area (Å²) in [5.74, 6) is -0.798. The number of nitrogens with zero attached hydrogens (tertiary/aromatic N) is 3. The van der Waals surface area contributed by atoms with Gasteiger partial charge in [0.05, 0.1) is 5.92 Å². The standard InChI is InChI=1S/C14H23N3O4S/c1-9(2)13-15-12(8-16(13)4)22(20,21)17-7-11(14(18)19)6-5-10(17)3/h8-11H,5-7H2,1-4H3,(H,18,19). The molecular formula is C14H23N3O4S. The van der Waals surface area contributed by atoms with Crippen molar-refractivity contribution >= 4 is 16.0 Å². The molecule has 0 spiro atoms. The van der Waals surface area contributed by atoms with Crippen molar-refractivity contribution in [3.05, 3.63) is 12.0 Å². The molecule has 0 radical (unpaired) electrons. The fourth-order valence-electron chi connectivity index (χ4n) is 2.84. The molecular weight excluding hydrogens is 306 g/mol. The third kappa shape index (κ3) is 3.03. The molecule has 1 saturated heterocycles. The largest absolute Gasteiger partial charge is 0.481 e. The number of imidazole rings is 1. The zero-order valence-electron chi connectivity index (χ0n) is 13.4. The molecule has 0 amide bonds. The maximum atomic E-state index is 12.8. The predicted molar refractivity (Wildman–Crippen MR) is 81.0 cm³/mol. The predicted octanol–water partition coefficient (Wildman–Crippen LogP) is 1.42. The van der Waals surface area contributed by atoms with Crippen LogP contribution in [0.1, 0.15) is 45.4 Å². The lowest BCUT2D eigenvalue weighted by Crippen LogP contribution is -2.47. The molecule has 22 heavy (non-hydrogen) atoms. The number of rotatable bonds is 4. The lowest BCUT2D eigenvalue weighted by atomic mass is 9.96. The minimum absolute atomic E-state index is 0.00316. The number of aliphatic carboxylic acids is 1. The number of aryl methyl sites for hydroxylation is 1. The first-order chi connectivity index (χ1) is 10.1. The van der Waals surface area contributed by atoms with E-state index in [-0.39, 0.29) is 23.5 Å². The monoisotopic (exact) mass is 329 g/mol. The molecule has 8 heteroatoms. The van der Waals surface area contributed by atoms with Crippen LogP contribution in [-0.2, 0) is 21.9 Å². The molecule has 1 fully saturated rings. The van der Waals surface area contributed by atoms with Gasteiger partial charge in [-0.15, -0.1) is 0 Å². The van der Waals surface area contributed by atoms with E-state index >= 15 is 0 Å². The highest BCUT2D eigenvalue weighted by molar-refractivity contribution is 7.89. The number of carboxylic acids is 1. The summed E-state index contributed by atoms with van der Waals surface area (Å²) >= 11 is 0. The van der Waals surface area contributed by atoms with Gasteiger partial charge < -0.3 is 9.67 Å². The van der Waals surface area contributed by atoms with Crippen molar-refractivity contribution in [1.29, 1.82) is 0 Å². The van der Waals surface area contributed by atoms with E-state index in [0.29, 0.717) is 18.7 Å². The van der Waals surface area contributed by atoms with Crippen LogP contribution in [0.4, 0.5) is 0 Å². The summed E-state index contributed by atoms with van der Waals surface area (Å²) in [7, 11) is -2.01. The van der Waals surface area contributed by atoms with Crippen molar-refractivity contribution in [2.75, 3.05) is 6.54 Å². The number of carboxylic acid groups (broad SMARTS) is 1. The third-order valence-electron chi connectivity index (χ3n) is 4.15. The van der Waals surface area contributed by atoms with Crippen LogP contribution in [0.15, 0.2) is 11.2 Å². The van der Waals surface area contributed by atoms with Gasteiger partial charge in [0, 0.05) is 31.7 Å². The topological polar surface area (TPSA) is 92.5 Å². The van der Waals surface area contributed by atoms with Crippen molar-refractivity contribution in [3.63, 3.8) is 0 Å². The van der Waals surface area contributed by atoms with E-state index in [0.717, 1.165) is 0 Å². The van der Waals surface area contributed by atoms with Crippen LogP contribution in [0.5, 0.6) is 0 Å². The molecule has 1 N–H and O–H groups in total. The van der Waals surface area contributed by atoms with Crippen LogP contribution >= 0.6 is 0 Å². The summed E-state index contributed by atoms with van der Waals surface area (Å²) in [6.07, 6.45) is 2.55. The smallest absolute Gasteiger partial charge is 0.307 e. The Morgan fingerprint density at radius 1 is 1.41 bits per heavy atom. The Morgan fingerprint density at radius 3 is 2.55 bits per heavy atom. The fourth-order valence-corrected chi connectivity index (χ4v) is 4.54. The van der Waals surface area contributed by atoms with Gasteiger partial charge in [-0.25, -0.2) is 13.4 Å². The van der Waals surface area contributed by atoms with Crippen LogP contribution in [0, 0.1) is 5.92 Å². The summed E-state index contributed by atoms with van der Waals surface area (Å²) in [6.45, 7) is 5.71. The number of carbonyl (C=O) groups is 1. The van der Waals surface area contributed by atoms with Gasteiger partial charge in [0.2, 0.25) is 0 Å². The molecule has 0 bridgehead atoms. The van der Waals surface area contributed by atoms with E-state index in [9.17, 15) is 13.2 Å². The SMILES string of the molecule is CC(C)c1nc(S(=O)(=O)N2CC(C(=O)O)CCC2C)cn1C. The molecule has 1 aromatic rings. The van der Waals surface area contributed by atoms with Gasteiger partial charge in [0.1, 0.15) is 5.82 Å². The molecule has 1 aliphatic heterocycles. The van der Waals surface area contributed by atoms with Crippen LogP contribution in [0.25, 0.3) is 0 Å². The van der Waals surface area contributed by atoms with E-state index in [1.54, 1.807) is 11.6 Å². The Balaban J connectivity index is 2.36. The van der Waals surface area contributed by atoms with Gasteiger partial charge in [0.25, 0.3) is 10.0 Å². The highest BCUT2D eigenvalue weighted by atomic mass is 32.2. The maximum absolute atomic E-state index is 12.8. The zero-order chi connectivity index (χ0) is 16.7. The maximum Gasteiger partial charge on any atom is 0.307 e. The molecule has 2 heterocycles. The normalized spacial score (nSPS) is 23.9. The first-order valence-electron chi connectivity index (χ1n) is 7.42. The molecule has 0 aromatic carbocycles. The second-order valence-electron chi connectivity index (χ2n) is 6.24. The lowest BCUT2D eigenvalue weighted by Gasteiger charge is -2.34. The number of hydrogen-bond acceptors (Lipinski definition) is 4. The Kier molecular flexibility index (Phi) is 4.62. The molecule has 0 saturated carbocycles. The molecule has 7 nitrogen and oxygen atoms in total. The summed E-state index contributed by atoms with van der Waals surface area (Å²) in [4.78, 5) is 15.4. The van der Waals surface area contributed by atoms with E-state index < -0.39 is 21.9 Å². The molecule has 1 aliphatic rings. The Morgan fingerprint density at radius 2 is 2.05 bits per heavy atom. The van der Waals surface area contributed by atoms with Gasteiger partial charge >= 0.3 is 5.97 Å². The number of piperidine rings is 1. The van der Waals surface area contributed by atoms with Crippen molar-refractivity contribution in [2.45, 2.75) is 50.6 Å². The zero-order valence-corrected chi connectivity index (χ0v) is 14.2. The summed E-state index contributed by atoms with van der Waals surface area (Å²) in [6, 6.07) is -0.217. The van der Waals surface area contributed by atoms with Gasteiger partial charge in [0.15, 0.2) is 5.03 Å². The first-order valence-corrected chi connectivity index (χ1v) is 8.86. The quantitative estimate of drug-likeness (QED) is 0.902. The fraction of sp³-hybridized carbons (Fsp3) is 0.714. The Hall–Kier alpha value is -1.41. The molecule has 124 valence electrons. The molecule has 1 aromatic heterocycles. The summed E-state index contributed by atoms with van der Waals surface area (Å²) < 4.78 is 28.6. The highest BCUT2D eigenvalue weighted by Crippen LogP contribution is 2.28. The Labute approximate surface area is 131 Å². The average Bonchev–Trinajstić information content (AvgIpc) is 2.81. The number of hydrogen-bond donors (Lipinski definition) is 1. The van der Waals surface area contributed by atoms with E-state index in [1.165, 1.54) is 10.5 Å².